The van der Waals surface area contributed by atoms with Crippen molar-refractivity contribution in [2.45, 2.75) is 26.7 Å². The minimum absolute atomic E-state index is 0.103. The Hall–Kier alpha value is -2.40. The number of carbonyl (C=O) groups is 1. The van der Waals surface area contributed by atoms with E-state index in [4.69, 9.17) is 0 Å². The van der Waals surface area contributed by atoms with Crippen molar-refractivity contribution in [2.24, 2.45) is 0 Å². The topological polar surface area (TPSA) is 57.3 Å². The summed E-state index contributed by atoms with van der Waals surface area (Å²) in [7, 11) is 4.05. The second-order valence-electron chi connectivity index (χ2n) is 6.27. The fraction of sp³-hybridized carbons (Fsp3) is 0.400. The summed E-state index contributed by atoms with van der Waals surface area (Å²) in [6.45, 7) is 5.89. The molecule has 0 aliphatic rings. The number of pyridine rings is 1. The van der Waals surface area contributed by atoms with Crippen LogP contribution in [-0.4, -0.2) is 43.0 Å². The van der Waals surface area contributed by atoms with Crippen LogP contribution < -0.4 is 10.6 Å². The highest BCUT2D eigenvalue weighted by atomic mass is 16.1. The number of nitrogens with one attached hydrogen (secondary N) is 2. The van der Waals surface area contributed by atoms with Gasteiger partial charge in [-0.3, -0.25) is 4.79 Å². The predicted molar refractivity (Wildman–Crippen MR) is 104 cm³/mol. The molecule has 0 atom stereocenters. The maximum absolute atomic E-state index is 12.7. The Bertz CT molecular complexity index is 690. The Labute approximate surface area is 150 Å². The Morgan fingerprint density at radius 2 is 1.80 bits per heavy atom. The fourth-order valence-electron chi connectivity index (χ4n) is 2.66. The quantitative estimate of drug-likeness (QED) is 0.773. The van der Waals surface area contributed by atoms with Crippen LogP contribution in [0.25, 0.3) is 0 Å². The average Bonchev–Trinajstić information content (AvgIpc) is 2.61. The number of para-hydroxylation sites is 1. The zero-order valence-electron chi connectivity index (χ0n) is 15.6. The van der Waals surface area contributed by atoms with E-state index in [-0.39, 0.29) is 5.91 Å². The third kappa shape index (κ3) is 5.29. The summed E-state index contributed by atoms with van der Waals surface area (Å²) in [4.78, 5) is 19.1. The lowest BCUT2D eigenvalue weighted by atomic mass is 10.0. The molecular formula is C20H28N4O. The summed E-state index contributed by atoms with van der Waals surface area (Å²) in [6, 6.07) is 9.72. The van der Waals surface area contributed by atoms with Gasteiger partial charge in [-0.05, 0) is 50.2 Å². The lowest BCUT2D eigenvalue weighted by molar-refractivity contribution is 0.102. The Kier molecular flexibility index (Phi) is 6.95. The fourth-order valence-corrected chi connectivity index (χ4v) is 2.66. The van der Waals surface area contributed by atoms with E-state index in [0.29, 0.717) is 11.4 Å². The summed E-state index contributed by atoms with van der Waals surface area (Å²) in [5.41, 5.74) is 3.86. The van der Waals surface area contributed by atoms with Gasteiger partial charge in [-0.1, -0.05) is 32.0 Å². The first-order valence-corrected chi connectivity index (χ1v) is 8.81. The molecule has 0 fully saturated rings. The largest absolute Gasteiger partial charge is 0.369 e. The van der Waals surface area contributed by atoms with E-state index in [9.17, 15) is 4.79 Å². The molecule has 2 N–H and O–H groups in total. The van der Waals surface area contributed by atoms with Crippen LogP contribution in [0.15, 0.2) is 36.5 Å². The number of anilines is 2. The first-order chi connectivity index (χ1) is 12.0. The van der Waals surface area contributed by atoms with E-state index in [2.05, 4.69) is 46.5 Å². The minimum atomic E-state index is -0.103. The molecule has 1 aromatic carbocycles. The van der Waals surface area contributed by atoms with Gasteiger partial charge in [-0.15, -0.1) is 0 Å². The molecule has 0 aliphatic heterocycles. The second-order valence-corrected chi connectivity index (χ2v) is 6.27. The zero-order valence-corrected chi connectivity index (χ0v) is 15.6. The van der Waals surface area contributed by atoms with Gasteiger partial charge in [-0.25, -0.2) is 4.98 Å². The third-order valence-corrected chi connectivity index (χ3v) is 4.12. The van der Waals surface area contributed by atoms with E-state index in [1.165, 1.54) is 0 Å². The van der Waals surface area contributed by atoms with Crippen molar-refractivity contribution < 1.29 is 4.79 Å². The van der Waals surface area contributed by atoms with Crippen molar-refractivity contribution in [1.29, 1.82) is 0 Å². The molecule has 25 heavy (non-hydrogen) atoms. The van der Waals surface area contributed by atoms with Gasteiger partial charge >= 0.3 is 0 Å². The van der Waals surface area contributed by atoms with E-state index in [0.717, 1.165) is 42.7 Å². The van der Waals surface area contributed by atoms with Crippen LogP contribution >= 0.6 is 0 Å². The third-order valence-electron chi connectivity index (χ3n) is 4.12. The van der Waals surface area contributed by atoms with Crippen LogP contribution in [-0.2, 0) is 12.8 Å². The van der Waals surface area contributed by atoms with Crippen LogP contribution in [0, 0.1) is 0 Å². The Morgan fingerprint density at radius 3 is 2.40 bits per heavy atom. The van der Waals surface area contributed by atoms with Crippen molar-refractivity contribution in [3.8, 4) is 0 Å². The molecule has 134 valence electrons. The molecule has 2 aromatic rings. The molecule has 2 rings (SSSR count). The molecule has 0 spiro atoms. The summed E-state index contributed by atoms with van der Waals surface area (Å²) in [5, 5.41) is 6.34. The van der Waals surface area contributed by atoms with Crippen molar-refractivity contribution in [3.63, 3.8) is 0 Å². The lowest BCUT2D eigenvalue weighted by Gasteiger charge is -2.15. The van der Waals surface area contributed by atoms with Crippen LogP contribution in [0.3, 0.4) is 0 Å². The number of benzene rings is 1. The van der Waals surface area contributed by atoms with Gasteiger partial charge in [0.05, 0.1) is 0 Å². The average molecular weight is 340 g/mol. The van der Waals surface area contributed by atoms with Crippen LogP contribution in [0.1, 0.15) is 35.3 Å². The summed E-state index contributed by atoms with van der Waals surface area (Å²) in [6.07, 6.45) is 3.44. The maximum atomic E-state index is 12.7. The van der Waals surface area contributed by atoms with Crippen LogP contribution in [0.5, 0.6) is 0 Å². The Morgan fingerprint density at radius 1 is 1.12 bits per heavy atom. The van der Waals surface area contributed by atoms with E-state index in [1.54, 1.807) is 18.3 Å². The van der Waals surface area contributed by atoms with Gasteiger partial charge in [0.25, 0.3) is 5.91 Å². The van der Waals surface area contributed by atoms with Crippen molar-refractivity contribution in [2.75, 3.05) is 37.8 Å². The van der Waals surface area contributed by atoms with Crippen molar-refractivity contribution in [1.82, 2.24) is 9.88 Å². The number of nitrogens with zero attached hydrogens (tertiary/aromatic N) is 2. The highest BCUT2D eigenvalue weighted by Crippen LogP contribution is 2.23. The van der Waals surface area contributed by atoms with Crippen molar-refractivity contribution >= 4 is 17.4 Å². The summed E-state index contributed by atoms with van der Waals surface area (Å²) in [5.74, 6) is 0.614. The van der Waals surface area contributed by atoms with Gasteiger partial charge in [0.15, 0.2) is 0 Å². The SMILES string of the molecule is CCc1cccc(CC)c1NC(=O)c1ccnc(NCCN(C)C)c1. The van der Waals surface area contributed by atoms with E-state index < -0.39 is 0 Å². The van der Waals surface area contributed by atoms with E-state index in [1.807, 2.05) is 20.2 Å². The van der Waals surface area contributed by atoms with Gasteiger partial charge in [0, 0.05) is 30.5 Å². The molecule has 0 saturated carbocycles. The van der Waals surface area contributed by atoms with E-state index >= 15 is 0 Å². The monoisotopic (exact) mass is 340 g/mol. The number of aryl methyl sites for hydroxylation is 2. The second kappa shape index (κ2) is 9.18. The highest BCUT2D eigenvalue weighted by Gasteiger charge is 2.12. The standard InChI is InChI=1S/C20H28N4O/c1-5-15-8-7-9-16(6-2)19(15)23-20(25)17-10-11-21-18(14-17)22-12-13-24(3)4/h7-11,14H,5-6,12-13H2,1-4H3,(H,21,22)(H,23,25). The van der Waals surface area contributed by atoms with Gasteiger partial charge in [-0.2, -0.15) is 0 Å². The molecule has 1 aromatic heterocycles. The molecule has 5 nitrogen and oxygen atoms in total. The Balaban J connectivity index is 2.14. The predicted octanol–water partition coefficient (Wildman–Crippen LogP) is 3.43. The number of hydrogen-bond acceptors (Lipinski definition) is 4. The molecule has 0 radical (unpaired) electrons. The number of aromatic nitrogens is 1. The summed E-state index contributed by atoms with van der Waals surface area (Å²) >= 11 is 0. The van der Waals surface area contributed by atoms with Crippen LogP contribution in [0.2, 0.25) is 0 Å². The molecular weight excluding hydrogens is 312 g/mol. The molecule has 0 unspecified atom stereocenters. The van der Waals surface area contributed by atoms with Gasteiger partial charge in [0.2, 0.25) is 0 Å². The molecule has 0 saturated heterocycles. The van der Waals surface area contributed by atoms with Crippen LogP contribution in [0.4, 0.5) is 11.5 Å². The smallest absolute Gasteiger partial charge is 0.255 e. The number of hydrogen-bond donors (Lipinski definition) is 2. The number of rotatable bonds is 8. The lowest BCUT2D eigenvalue weighted by Crippen LogP contribution is -2.21. The molecule has 0 aliphatic carbocycles. The zero-order chi connectivity index (χ0) is 18.2. The highest BCUT2D eigenvalue weighted by molar-refractivity contribution is 6.05. The maximum Gasteiger partial charge on any atom is 0.255 e. The number of amides is 1. The molecule has 0 bridgehead atoms. The molecule has 1 amide bonds. The number of likely N-dealkylation sites (N-methyl/N-ethyl adjacent to an activating group) is 1. The first kappa shape index (κ1) is 18.9. The van der Waals surface area contributed by atoms with Crippen molar-refractivity contribution in [3.05, 3.63) is 53.2 Å². The normalized spacial score (nSPS) is 10.8. The minimum Gasteiger partial charge on any atom is -0.369 e. The number of carbonyl (C=O) groups excluding carboxylic acids is 1. The van der Waals surface area contributed by atoms with Gasteiger partial charge in [0.1, 0.15) is 5.82 Å². The first-order valence-electron chi connectivity index (χ1n) is 8.81. The molecule has 1 heterocycles. The molecule has 5 heteroatoms. The summed E-state index contributed by atoms with van der Waals surface area (Å²) < 4.78 is 0. The van der Waals surface area contributed by atoms with Gasteiger partial charge < -0.3 is 15.5 Å².